The number of hydrogen-bond donors (Lipinski definition) is 2. The summed E-state index contributed by atoms with van der Waals surface area (Å²) in [6, 6.07) is 1.25. The van der Waals surface area contributed by atoms with E-state index in [-0.39, 0.29) is 24.8 Å². The highest BCUT2D eigenvalue weighted by molar-refractivity contribution is 5.85. The second kappa shape index (κ2) is 37.6. The second-order valence-corrected chi connectivity index (χ2v) is 0.125. The van der Waals surface area contributed by atoms with Gasteiger partial charge < -0.3 is 0 Å². The van der Waals surface area contributed by atoms with Crippen molar-refractivity contribution in [1.82, 2.24) is 0 Å². The van der Waals surface area contributed by atoms with Crippen molar-refractivity contribution in [3.63, 3.8) is 0 Å². The van der Waals surface area contributed by atoms with E-state index in [2.05, 4.69) is 0 Å². The lowest BCUT2D eigenvalue weighted by atomic mass is 11.6. The minimum absolute atomic E-state index is 0. The average molecular weight is 115 g/mol. The molecule has 0 aromatic rings. The van der Waals surface area contributed by atoms with Crippen LogP contribution in [0.15, 0.2) is 0 Å². The second-order valence-electron chi connectivity index (χ2n) is 0.125. The van der Waals surface area contributed by atoms with E-state index in [1.54, 1.807) is 0 Å². The van der Waals surface area contributed by atoms with Crippen molar-refractivity contribution in [3.8, 4) is 0 Å². The van der Waals surface area contributed by atoms with Crippen LogP contribution in [-0.2, 0) is 0 Å². The first-order valence-electron chi connectivity index (χ1n) is 0.500. The summed E-state index contributed by atoms with van der Waals surface area (Å²) < 4.78 is 0. The molecular formula is CH4Cl2N2. The zero-order valence-corrected chi connectivity index (χ0v) is 3.95. The first-order valence-corrected chi connectivity index (χ1v) is 0.500. The SMILES string of the molecule is Cl.Cl.N=C=N. The van der Waals surface area contributed by atoms with Gasteiger partial charge in [-0.05, 0) is 0 Å². The molecule has 0 radical (unpaired) electrons. The molecule has 0 saturated heterocycles. The van der Waals surface area contributed by atoms with Crippen LogP contribution >= 0.6 is 24.8 Å². The lowest BCUT2D eigenvalue weighted by molar-refractivity contribution is 1.47. The van der Waals surface area contributed by atoms with Gasteiger partial charge in [-0.2, -0.15) is 0 Å². The molecule has 2 nitrogen and oxygen atoms in total. The van der Waals surface area contributed by atoms with Crippen LogP contribution in [0.5, 0.6) is 0 Å². The highest BCUT2D eigenvalue weighted by Crippen LogP contribution is 0.920. The molecule has 0 bridgehead atoms. The molecule has 0 spiro atoms. The van der Waals surface area contributed by atoms with E-state index >= 15 is 0 Å². The lowest BCUT2D eigenvalue weighted by Gasteiger charge is -1.09. The Morgan fingerprint density at radius 3 is 1.00 bits per heavy atom. The van der Waals surface area contributed by atoms with Crippen molar-refractivity contribution in [2.24, 2.45) is 0 Å². The maximum Gasteiger partial charge on any atom is 0.0831 e. The summed E-state index contributed by atoms with van der Waals surface area (Å²) in [5, 5.41) is 11.2. The minimum atomic E-state index is 0. The van der Waals surface area contributed by atoms with Gasteiger partial charge in [-0.1, -0.05) is 0 Å². The van der Waals surface area contributed by atoms with Gasteiger partial charge in [-0.3, -0.25) is 0 Å². The molecule has 2 N–H and O–H groups in total. The molecule has 4 heteroatoms. The molecule has 0 amide bonds. The van der Waals surface area contributed by atoms with E-state index < -0.39 is 0 Å². The smallest absolute Gasteiger partial charge is 0.0831 e. The van der Waals surface area contributed by atoms with Gasteiger partial charge in [0.25, 0.3) is 0 Å². The average Bonchev–Trinajstić information content (AvgIpc) is 0.918. The van der Waals surface area contributed by atoms with Gasteiger partial charge in [0.05, 0.1) is 6.01 Å². The number of hydrogen-bond acceptors (Lipinski definition) is 2. The van der Waals surface area contributed by atoms with Gasteiger partial charge >= 0.3 is 0 Å². The fraction of sp³-hybridized carbons (Fsp3) is 0. The Labute approximate surface area is 42.4 Å². The van der Waals surface area contributed by atoms with Crippen LogP contribution in [0.2, 0.25) is 0 Å². The summed E-state index contributed by atoms with van der Waals surface area (Å²) in [5.74, 6) is 0. The Hall–Kier alpha value is -0.0400. The van der Waals surface area contributed by atoms with E-state index in [1.165, 1.54) is 6.01 Å². The topological polar surface area (TPSA) is 47.7 Å². The van der Waals surface area contributed by atoms with Gasteiger partial charge in [-0.15, -0.1) is 24.8 Å². The molecule has 0 aliphatic carbocycles. The van der Waals surface area contributed by atoms with E-state index in [4.69, 9.17) is 10.8 Å². The third kappa shape index (κ3) is 9510. The molecular weight excluding hydrogens is 111 g/mol. The standard InChI is InChI=1S/CH2N2.2ClH/c2-1-3;;/h2-3H;2*1H. The van der Waals surface area contributed by atoms with E-state index in [9.17, 15) is 0 Å². The van der Waals surface area contributed by atoms with Crippen LogP contribution in [0.1, 0.15) is 0 Å². The van der Waals surface area contributed by atoms with Crippen LogP contribution in [0.25, 0.3) is 0 Å². The van der Waals surface area contributed by atoms with Crippen molar-refractivity contribution in [2.75, 3.05) is 0 Å². The molecule has 0 unspecified atom stereocenters. The molecule has 0 aromatic heterocycles. The molecule has 0 aromatic carbocycles. The van der Waals surface area contributed by atoms with Gasteiger partial charge in [-0.25, -0.2) is 10.8 Å². The zero-order chi connectivity index (χ0) is 2.71. The first-order chi connectivity index (χ1) is 1.41. The van der Waals surface area contributed by atoms with Gasteiger partial charge in [0.2, 0.25) is 0 Å². The summed E-state index contributed by atoms with van der Waals surface area (Å²) in [7, 11) is 0. The van der Waals surface area contributed by atoms with E-state index in [1.807, 2.05) is 0 Å². The van der Waals surface area contributed by atoms with Crippen molar-refractivity contribution in [3.05, 3.63) is 0 Å². The highest BCUT2D eigenvalue weighted by atomic mass is 35.5. The number of rotatable bonds is 0. The highest BCUT2D eigenvalue weighted by Gasteiger charge is 0.934. The molecule has 0 saturated carbocycles. The third-order valence-electron chi connectivity index (χ3n) is 0. The molecule has 0 atom stereocenters. The summed E-state index contributed by atoms with van der Waals surface area (Å²) in [5.41, 5.74) is 0. The van der Waals surface area contributed by atoms with Gasteiger partial charge in [0.15, 0.2) is 0 Å². The third-order valence-corrected chi connectivity index (χ3v) is 0. The molecule has 0 aliphatic heterocycles. The maximum atomic E-state index is 5.62. The largest absolute Gasteiger partial charge is 0.242 e. The van der Waals surface area contributed by atoms with Crippen LogP contribution in [-0.4, -0.2) is 6.01 Å². The number of nitrogens with one attached hydrogen (secondary N) is 2. The predicted octanol–water partition coefficient (Wildman–Crippen LogP) is 1.16. The lowest BCUT2D eigenvalue weighted by Crippen LogP contribution is -1.11. The number of halogens is 2. The fourth-order valence-electron chi connectivity index (χ4n) is 0. The summed E-state index contributed by atoms with van der Waals surface area (Å²) in [6.07, 6.45) is 0. The van der Waals surface area contributed by atoms with Crippen LogP contribution in [0.3, 0.4) is 0 Å². The minimum Gasteiger partial charge on any atom is -0.242 e. The van der Waals surface area contributed by atoms with Crippen molar-refractivity contribution in [1.29, 1.82) is 10.8 Å². The molecule has 0 heterocycles. The van der Waals surface area contributed by atoms with Crippen LogP contribution < -0.4 is 0 Å². The monoisotopic (exact) mass is 114 g/mol. The normalized spacial score (nSPS) is 1.60. The fourth-order valence-corrected chi connectivity index (χ4v) is 0. The van der Waals surface area contributed by atoms with Crippen molar-refractivity contribution >= 4 is 30.8 Å². The molecule has 0 fully saturated rings. The van der Waals surface area contributed by atoms with Crippen LogP contribution in [0.4, 0.5) is 0 Å². The Bertz CT molecular complexity index is 28.6. The Kier molecular flexibility index (Phi) is 152. The summed E-state index contributed by atoms with van der Waals surface area (Å²) >= 11 is 0. The quantitative estimate of drug-likeness (QED) is 0.445. The van der Waals surface area contributed by atoms with Crippen LogP contribution in [0, 0.1) is 10.8 Å². The first kappa shape index (κ1) is 20.2. The van der Waals surface area contributed by atoms with E-state index in [0.717, 1.165) is 0 Å². The molecule has 0 aliphatic rings. The van der Waals surface area contributed by atoms with Gasteiger partial charge in [0.1, 0.15) is 0 Å². The molecule has 5 heavy (non-hydrogen) atoms. The summed E-state index contributed by atoms with van der Waals surface area (Å²) in [4.78, 5) is 0. The predicted molar refractivity (Wildman–Crippen MR) is 24.9 cm³/mol. The van der Waals surface area contributed by atoms with Crippen molar-refractivity contribution < 1.29 is 0 Å². The van der Waals surface area contributed by atoms with E-state index in [0.29, 0.717) is 0 Å². The Morgan fingerprint density at radius 2 is 1.00 bits per heavy atom. The van der Waals surface area contributed by atoms with Gasteiger partial charge in [0, 0.05) is 0 Å². The Balaban J connectivity index is -0.0000000200. The molecule has 0 rings (SSSR count). The summed E-state index contributed by atoms with van der Waals surface area (Å²) in [6.45, 7) is 0. The maximum absolute atomic E-state index is 5.62. The molecule has 32 valence electrons. The zero-order valence-electron chi connectivity index (χ0n) is 2.32. The Morgan fingerprint density at radius 1 is 1.00 bits per heavy atom. The van der Waals surface area contributed by atoms with Crippen molar-refractivity contribution in [2.45, 2.75) is 0 Å².